The van der Waals surface area contributed by atoms with Gasteiger partial charge in [0.2, 0.25) is 11.5 Å². The first-order valence-electron chi connectivity index (χ1n) is 8.86. The normalized spacial score (nSPS) is 10.6. The second kappa shape index (κ2) is 9.40. The zero-order chi connectivity index (χ0) is 21.8. The molecule has 156 valence electrons. The maximum absolute atomic E-state index is 11.8. The van der Waals surface area contributed by atoms with Crippen LogP contribution in [0.5, 0.6) is 23.0 Å². The number of hydrogen-bond acceptors (Lipinski definition) is 7. The molecule has 0 saturated carbocycles. The summed E-state index contributed by atoms with van der Waals surface area (Å²) in [5.74, 6) is -0.279. The predicted octanol–water partition coefficient (Wildman–Crippen LogP) is 5.62. The Labute approximate surface area is 186 Å². The molecule has 0 heterocycles. The summed E-state index contributed by atoms with van der Waals surface area (Å²) in [4.78, 5) is 25.4. The zero-order valence-electron chi connectivity index (χ0n) is 16.8. The van der Waals surface area contributed by atoms with Crippen LogP contribution in [-0.2, 0) is 9.59 Å². The van der Waals surface area contributed by atoms with Crippen molar-refractivity contribution >= 4 is 50.4 Å². The van der Waals surface area contributed by atoms with E-state index in [0.717, 1.165) is 14.3 Å². The third kappa shape index (κ3) is 4.71. The van der Waals surface area contributed by atoms with Crippen LogP contribution >= 0.6 is 27.7 Å². The number of carbonyl (C=O) groups excluding carboxylic acids is 2. The maximum Gasteiger partial charge on any atom is 0.308 e. The third-order valence-corrected chi connectivity index (χ3v) is 5.57. The molecule has 8 heteroatoms. The SMILES string of the molecule is COc1c(OC)c(OC(C)=O)c2cc(Sc3ccc(Br)cc3)ccc2c1OC(C)=O. The third-order valence-electron chi connectivity index (χ3n) is 4.05. The molecule has 3 aromatic rings. The molecule has 0 radical (unpaired) electrons. The quantitative estimate of drug-likeness (QED) is 0.327. The van der Waals surface area contributed by atoms with Crippen LogP contribution in [0, 0.1) is 0 Å². The van der Waals surface area contributed by atoms with Gasteiger partial charge in [-0.15, -0.1) is 0 Å². The molecule has 0 fully saturated rings. The molecule has 0 aliphatic rings. The smallest absolute Gasteiger partial charge is 0.308 e. The molecule has 0 aliphatic carbocycles. The summed E-state index contributed by atoms with van der Waals surface area (Å²) in [6, 6.07) is 13.4. The Morgan fingerprint density at radius 2 is 1.23 bits per heavy atom. The first-order valence-corrected chi connectivity index (χ1v) is 10.5. The molecule has 0 aliphatic heterocycles. The van der Waals surface area contributed by atoms with Gasteiger partial charge in [0.05, 0.1) is 14.2 Å². The Balaban J connectivity index is 2.25. The first-order chi connectivity index (χ1) is 14.3. The van der Waals surface area contributed by atoms with Crippen LogP contribution < -0.4 is 18.9 Å². The largest absolute Gasteiger partial charge is 0.490 e. The Hall–Kier alpha value is -2.71. The summed E-state index contributed by atoms with van der Waals surface area (Å²) in [5.41, 5.74) is 0. The number of hydrogen-bond donors (Lipinski definition) is 0. The van der Waals surface area contributed by atoms with Crippen LogP contribution in [0.3, 0.4) is 0 Å². The minimum Gasteiger partial charge on any atom is -0.490 e. The van der Waals surface area contributed by atoms with Crippen molar-refractivity contribution in [1.82, 2.24) is 0 Å². The lowest BCUT2D eigenvalue weighted by molar-refractivity contribution is -0.133. The van der Waals surface area contributed by atoms with Crippen LogP contribution in [0.1, 0.15) is 13.8 Å². The lowest BCUT2D eigenvalue weighted by atomic mass is 10.1. The highest BCUT2D eigenvalue weighted by Gasteiger charge is 2.26. The van der Waals surface area contributed by atoms with Crippen molar-refractivity contribution in [2.75, 3.05) is 14.2 Å². The molecule has 0 amide bonds. The molecule has 30 heavy (non-hydrogen) atoms. The van der Waals surface area contributed by atoms with E-state index in [-0.39, 0.29) is 23.0 Å². The average Bonchev–Trinajstić information content (AvgIpc) is 2.70. The molecule has 0 unspecified atom stereocenters. The average molecular weight is 491 g/mol. The number of halogens is 1. The van der Waals surface area contributed by atoms with Gasteiger partial charge in [0, 0.05) is 38.9 Å². The Bertz CT molecular complexity index is 1110. The van der Waals surface area contributed by atoms with Crippen molar-refractivity contribution in [3.63, 3.8) is 0 Å². The molecule has 0 atom stereocenters. The van der Waals surface area contributed by atoms with E-state index in [1.807, 2.05) is 36.4 Å². The second-order valence-corrected chi connectivity index (χ2v) is 8.24. The highest BCUT2D eigenvalue weighted by molar-refractivity contribution is 9.10. The van der Waals surface area contributed by atoms with Crippen LogP contribution in [-0.4, -0.2) is 26.2 Å². The van der Waals surface area contributed by atoms with E-state index in [4.69, 9.17) is 18.9 Å². The van der Waals surface area contributed by atoms with Crippen molar-refractivity contribution in [2.45, 2.75) is 23.6 Å². The molecule has 0 aromatic heterocycles. The fourth-order valence-corrected chi connectivity index (χ4v) is 4.04. The van der Waals surface area contributed by atoms with Gasteiger partial charge >= 0.3 is 11.9 Å². The van der Waals surface area contributed by atoms with Crippen molar-refractivity contribution in [3.8, 4) is 23.0 Å². The summed E-state index contributed by atoms with van der Waals surface area (Å²) >= 11 is 4.97. The molecule has 0 N–H and O–H groups in total. The van der Waals surface area contributed by atoms with Crippen molar-refractivity contribution in [3.05, 3.63) is 46.9 Å². The molecular formula is C22H19BrO6S. The minimum atomic E-state index is -0.511. The molecule has 0 bridgehead atoms. The monoisotopic (exact) mass is 490 g/mol. The number of ether oxygens (including phenoxy) is 4. The van der Waals surface area contributed by atoms with Crippen LogP contribution in [0.2, 0.25) is 0 Å². The van der Waals surface area contributed by atoms with E-state index >= 15 is 0 Å². The van der Waals surface area contributed by atoms with Gasteiger partial charge in [-0.2, -0.15) is 0 Å². The van der Waals surface area contributed by atoms with Gasteiger partial charge in [0.25, 0.3) is 0 Å². The van der Waals surface area contributed by atoms with Gasteiger partial charge in [0.15, 0.2) is 11.5 Å². The summed E-state index contributed by atoms with van der Waals surface area (Å²) in [7, 11) is 2.85. The standard InChI is InChI=1S/C22H19BrO6S/c1-12(24)28-19-17-10-9-16(30-15-7-5-14(23)6-8-15)11-18(17)20(29-13(2)25)22(27-4)21(19)26-3/h5-11H,1-4H3. The first kappa shape index (κ1) is 22.0. The molecule has 3 rings (SSSR count). The Morgan fingerprint density at radius 3 is 1.73 bits per heavy atom. The maximum atomic E-state index is 11.8. The van der Waals surface area contributed by atoms with Gasteiger partial charge < -0.3 is 18.9 Å². The van der Waals surface area contributed by atoms with Crippen molar-refractivity contribution in [1.29, 1.82) is 0 Å². The van der Waals surface area contributed by atoms with E-state index in [1.165, 1.54) is 28.1 Å². The molecule has 0 saturated heterocycles. The van der Waals surface area contributed by atoms with E-state index in [1.54, 1.807) is 17.8 Å². The predicted molar refractivity (Wildman–Crippen MR) is 118 cm³/mol. The number of fused-ring (bicyclic) bond motifs is 1. The molecule has 0 spiro atoms. The summed E-state index contributed by atoms with van der Waals surface area (Å²) < 4.78 is 22.8. The lowest BCUT2D eigenvalue weighted by Gasteiger charge is -2.19. The van der Waals surface area contributed by atoms with Gasteiger partial charge in [-0.05, 0) is 42.5 Å². The number of methoxy groups -OCH3 is 2. The topological polar surface area (TPSA) is 71.1 Å². The highest BCUT2D eigenvalue weighted by atomic mass is 79.9. The molecule has 3 aromatic carbocycles. The zero-order valence-corrected chi connectivity index (χ0v) is 19.2. The number of rotatable bonds is 6. The summed E-state index contributed by atoms with van der Waals surface area (Å²) in [6.45, 7) is 2.60. The number of benzene rings is 3. The van der Waals surface area contributed by atoms with Crippen LogP contribution in [0.25, 0.3) is 10.8 Å². The Morgan fingerprint density at radius 1 is 0.733 bits per heavy atom. The van der Waals surface area contributed by atoms with Gasteiger partial charge in [-0.1, -0.05) is 27.7 Å². The second-order valence-electron chi connectivity index (χ2n) is 6.18. The van der Waals surface area contributed by atoms with E-state index in [9.17, 15) is 9.59 Å². The van der Waals surface area contributed by atoms with Gasteiger partial charge in [-0.3, -0.25) is 9.59 Å². The highest BCUT2D eigenvalue weighted by Crippen LogP contribution is 2.52. The number of esters is 2. The van der Waals surface area contributed by atoms with Gasteiger partial charge in [-0.25, -0.2) is 0 Å². The molecular weight excluding hydrogens is 472 g/mol. The van der Waals surface area contributed by atoms with Crippen LogP contribution in [0.15, 0.2) is 56.7 Å². The van der Waals surface area contributed by atoms with E-state index < -0.39 is 11.9 Å². The van der Waals surface area contributed by atoms with Gasteiger partial charge in [0.1, 0.15) is 0 Å². The fraction of sp³-hybridized carbons (Fsp3) is 0.182. The fourth-order valence-electron chi connectivity index (χ4n) is 2.92. The lowest BCUT2D eigenvalue weighted by Crippen LogP contribution is -2.08. The van der Waals surface area contributed by atoms with Crippen LogP contribution in [0.4, 0.5) is 0 Å². The van der Waals surface area contributed by atoms with Crippen molar-refractivity contribution < 1.29 is 28.5 Å². The van der Waals surface area contributed by atoms with E-state index in [2.05, 4.69) is 15.9 Å². The Kier molecular flexibility index (Phi) is 6.89. The van der Waals surface area contributed by atoms with Crippen molar-refractivity contribution in [2.24, 2.45) is 0 Å². The molecule has 6 nitrogen and oxygen atoms in total. The summed E-state index contributed by atoms with van der Waals surface area (Å²) in [6.07, 6.45) is 0. The minimum absolute atomic E-state index is 0.169. The number of carbonyl (C=O) groups is 2. The summed E-state index contributed by atoms with van der Waals surface area (Å²) in [5, 5.41) is 1.11. The van der Waals surface area contributed by atoms with E-state index in [0.29, 0.717) is 10.8 Å².